The molecule has 0 unspecified atom stereocenters. The van der Waals surface area contributed by atoms with Gasteiger partial charge in [0, 0.05) is 20.7 Å². The van der Waals surface area contributed by atoms with Crippen LogP contribution in [0.4, 0.5) is 5.69 Å². The fourth-order valence-corrected chi connectivity index (χ4v) is 2.34. The fourth-order valence-electron chi connectivity index (χ4n) is 1.81. The van der Waals surface area contributed by atoms with Gasteiger partial charge in [0.25, 0.3) is 11.8 Å². The molecule has 0 aliphatic rings. The first-order valence-corrected chi connectivity index (χ1v) is 8.36. The third kappa shape index (κ3) is 6.56. The summed E-state index contributed by atoms with van der Waals surface area (Å²) in [6, 6.07) is 13.2. The molecule has 2 amide bonds. The molecule has 0 atom stereocenters. The summed E-state index contributed by atoms with van der Waals surface area (Å²) in [5.74, 6) is -1.62. The van der Waals surface area contributed by atoms with Crippen LogP contribution in [0.2, 0.25) is 5.02 Å². The maximum Gasteiger partial charge on any atom is 0.325 e. The van der Waals surface area contributed by atoms with Gasteiger partial charge in [-0.3, -0.25) is 14.4 Å². The van der Waals surface area contributed by atoms with Gasteiger partial charge in [-0.2, -0.15) is 0 Å². The van der Waals surface area contributed by atoms with Gasteiger partial charge in [0.05, 0.1) is 0 Å². The SMILES string of the molecule is O=C(COC(=O)CNC(=O)c1cccc(Br)c1)Nc1ccc(Cl)cc1. The van der Waals surface area contributed by atoms with E-state index >= 15 is 0 Å². The molecule has 0 saturated carbocycles. The molecule has 2 aromatic carbocycles. The number of nitrogens with one attached hydrogen (secondary N) is 2. The highest BCUT2D eigenvalue weighted by Gasteiger charge is 2.11. The number of amides is 2. The van der Waals surface area contributed by atoms with Crippen LogP contribution in [0.1, 0.15) is 10.4 Å². The Morgan fingerprint density at radius 3 is 2.48 bits per heavy atom. The minimum atomic E-state index is -0.713. The summed E-state index contributed by atoms with van der Waals surface area (Å²) < 4.78 is 5.56. The molecule has 0 fully saturated rings. The van der Waals surface area contributed by atoms with E-state index in [9.17, 15) is 14.4 Å². The van der Waals surface area contributed by atoms with E-state index in [1.807, 2.05) is 0 Å². The zero-order valence-electron chi connectivity index (χ0n) is 12.9. The van der Waals surface area contributed by atoms with E-state index in [1.54, 1.807) is 48.5 Å². The van der Waals surface area contributed by atoms with Gasteiger partial charge in [0.1, 0.15) is 6.54 Å². The third-order valence-electron chi connectivity index (χ3n) is 2.97. The van der Waals surface area contributed by atoms with Crippen LogP contribution in [0.3, 0.4) is 0 Å². The second kappa shape index (κ2) is 9.19. The molecule has 0 aromatic heterocycles. The van der Waals surface area contributed by atoms with Gasteiger partial charge >= 0.3 is 5.97 Å². The van der Waals surface area contributed by atoms with Gasteiger partial charge in [0.15, 0.2) is 6.61 Å². The molecule has 0 heterocycles. The molecule has 25 heavy (non-hydrogen) atoms. The average molecular weight is 426 g/mol. The molecule has 2 aromatic rings. The minimum absolute atomic E-state index is 0.334. The van der Waals surface area contributed by atoms with Crippen molar-refractivity contribution in [3.8, 4) is 0 Å². The first-order valence-electron chi connectivity index (χ1n) is 7.19. The quantitative estimate of drug-likeness (QED) is 0.697. The molecule has 2 N–H and O–H groups in total. The van der Waals surface area contributed by atoms with Crippen molar-refractivity contribution in [3.05, 3.63) is 63.6 Å². The highest BCUT2D eigenvalue weighted by molar-refractivity contribution is 9.10. The summed E-state index contributed by atoms with van der Waals surface area (Å²) in [7, 11) is 0. The van der Waals surface area contributed by atoms with Crippen LogP contribution in [0.15, 0.2) is 53.0 Å². The highest BCUT2D eigenvalue weighted by Crippen LogP contribution is 2.13. The summed E-state index contributed by atoms with van der Waals surface area (Å²) in [5.41, 5.74) is 0.941. The number of ether oxygens (including phenoxy) is 1. The van der Waals surface area contributed by atoms with Crippen LogP contribution >= 0.6 is 27.5 Å². The van der Waals surface area contributed by atoms with Gasteiger partial charge in [-0.05, 0) is 42.5 Å². The number of anilines is 1. The molecule has 0 spiro atoms. The van der Waals surface area contributed by atoms with E-state index in [1.165, 1.54) is 0 Å². The summed E-state index contributed by atoms with van der Waals surface area (Å²) in [6.45, 7) is -0.784. The Bertz CT molecular complexity index is 780. The van der Waals surface area contributed by atoms with Gasteiger partial charge in [-0.25, -0.2) is 0 Å². The summed E-state index contributed by atoms with van der Waals surface area (Å²) in [6.07, 6.45) is 0. The Hall–Kier alpha value is -2.38. The van der Waals surface area contributed by atoms with Gasteiger partial charge in [-0.15, -0.1) is 0 Å². The lowest BCUT2D eigenvalue weighted by Crippen LogP contribution is -2.32. The van der Waals surface area contributed by atoms with Gasteiger partial charge < -0.3 is 15.4 Å². The Balaban J connectivity index is 1.72. The highest BCUT2D eigenvalue weighted by atomic mass is 79.9. The number of hydrogen-bond acceptors (Lipinski definition) is 4. The Kier molecular flexibility index (Phi) is 6.97. The number of carbonyl (C=O) groups is 3. The van der Waals surface area contributed by atoms with Crippen molar-refractivity contribution < 1.29 is 19.1 Å². The third-order valence-corrected chi connectivity index (χ3v) is 3.72. The molecule has 0 aliphatic heterocycles. The van der Waals surface area contributed by atoms with Crippen LogP contribution in [0, 0.1) is 0 Å². The van der Waals surface area contributed by atoms with Crippen LogP contribution in [-0.2, 0) is 14.3 Å². The second-order valence-corrected chi connectivity index (χ2v) is 6.26. The van der Waals surface area contributed by atoms with E-state index in [0.717, 1.165) is 4.47 Å². The fraction of sp³-hybridized carbons (Fsp3) is 0.118. The number of carbonyl (C=O) groups excluding carboxylic acids is 3. The predicted octanol–water partition coefficient (Wildman–Crippen LogP) is 3.01. The van der Waals surface area contributed by atoms with Crippen molar-refractivity contribution >= 4 is 51.0 Å². The normalized spacial score (nSPS) is 10.0. The molecule has 2 rings (SSSR count). The smallest absolute Gasteiger partial charge is 0.325 e. The maximum absolute atomic E-state index is 11.9. The van der Waals surface area contributed by atoms with Crippen LogP contribution in [0.5, 0.6) is 0 Å². The Morgan fingerprint density at radius 2 is 1.80 bits per heavy atom. The first kappa shape index (κ1) is 19.0. The Morgan fingerprint density at radius 1 is 1.08 bits per heavy atom. The second-order valence-electron chi connectivity index (χ2n) is 4.91. The van der Waals surface area contributed by atoms with E-state index in [0.29, 0.717) is 16.3 Å². The lowest BCUT2D eigenvalue weighted by molar-refractivity contribution is -0.146. The molecular weight excluding hydrogens is 412 g/mol. The van der Waals surface area contributed by atoms with Crippen molar-refractivity contribution in [2.75, 3.05) is 18.5 Å². The first-order chi connectivity index (χ1) is 11.9. The average Bonchev–Trinajstić information content (AvgIpc) is 2.60. The van der Waals surface area contributed by atoms with Crippen LogP contribution in [-0.4, -0.2) is 30.9 Å². The lowest BCUT2D eigenvalue weighted by Gasteiger charge is -2.08. The number of hydrogen-bond donors (Lipinski definition) is 2. The topological polar surface area (TPSA) is 84.5 Å². The van der Waals surface area contributed by atoms with Gasteiger partial charge in [-0.1, -0.05) is 33.6 Å². The molecule has 8 heteroatoms. The molecule has 0 radical (unpaired) electrons. The number of benzene rings is 2. The van der Waals surface area contributed by atoms with E-state index < -0.39 is 24.4 Å². The van der Waals surface area contributed by atoms with Crippen molar-refractivity contribution in [3.63, 3.8) is 0 Å². The van der Waals surface area contributed by atoms with Crippen molar-refractivity contribution in [1.82, 2.24) is 5.32 Å². The number of rotatable bonds is 6. The predicted molar refractivity (Wildman–Crippen MR) is 97.5 cm³/mol. The van der Waals surface area contributed by atoms with Crippen molar-refractivity contribution in [1.29, 1.82) is 0 Å². The summed E-state index contributed by atoms with van der Waals surface area (Å²) >= 11 is 9.00. The molecule has 0 aliphatic carbocycles. The molecule has 0 bridgehead atoms. The van der Waals surface area contributed by atoms with Gasteiger partial charge in [0.2, 0.25) is 0 Å². The zero-order chi connectivity index (χ0) is 18.2. The largest absolute Gasteiger partial charge is 0.454 e. The summed E-state index contributed by atoms with van der Waals surface area (Å²) in [5, 5.41) is 5.53. The molecule has 130 valence electrons. The lowest BCUT2D eigenvalue weighted by atomic mass is 10.2. The van der Waals surface area contributed by atoms with Crippen LogP contribution in [0.25, 0.3) is 0 Å². The van der Waals surface area contributed by atoms with Crippen molar-refractivity contribution in [2.24, 2.45) is 0 Å². The molecular formula is C17H14BrClN2O4. The van der Waals surface area contributed by atoms with Crippen molar-refractivity contribution in [2.45, 2.75) is 0 Å². The van der Waals surface area contributed by atoms with Crippen LogP contribution < -0.4 is 10.6 Å². The molecule has 0 saturated heterocycles. The number of esters is 1. The zero-order valence-corrected chi connectivity index (χ0v) is 15.3. The van der Waals surface area contributed by atoms with E-state index in [2.05, 4.69) is 26.6 Å². The monoisotopic (exact) mass is 424 g/mol. The molecule has 6 nitrogen and oxygen atoms in total. The van der Waals surface area contributed by atoms with E-state index in [4.69, 9.17) is 16.3 Å². The summed E-state index contributed by atoms with van der Waals surface area (Å²) in [4.78, 5) is 35.2. The standard InChI is InChI=1S/C17H14BrClN2O4/c18-12-3-1-2-11(8-12)17(24)20-9-16(23)25-10-15(22)21-14-6-4-13(19)5-7-14/h1-8H,9-10H2,(H,20,24)(H,21,22). The minimum Gasteiger partial charge on any atom is -0.454 e. The number of halogens is 2. The Labute approximate surface area is 157 Å². The maximum atomic E-state index is 11.9. The van der Waals surface area contributed by atoms with E-state index in [-0.39, 0.29) is 6.54 Å².